The van der Waals surface area contributed by atoms with E-state index < -0.39 is 12.8 Å². The Morgan fingerprint density at radius 2 is 2.00 bits per heavy atom. The molecule has 0 aliphatic heterocycles. The summed E-state index contributed by atoms with van der Waals surface area (Å²) in [6, 6.07) is 4.06. The molecule has 0 saturated carbocycles. The van der Waals surface area contributed by atoms with Gasteiger partial charge in [-0.05, 0) is 18.6 Å². The second-order valence-electron chi connectivity index (χ2n) is 4.44. The summed E-state index contributed by atoms with van der Waals surface area (Å²) in [4.78, 5) is 12.1. The van der Waals surface area contributed by atoms with Crippen molar-refractivity contribution in [1.29, 1.82) is 0 Å². The van der Waals surface area contributed by atoms with Crippen molar-refractivity contribution in [2.45, 2.75) is 26.4 Å². The minimum atomic E-state index is -4.40. The normalized spacial score (nSPS) is 12.9. The summed E-state index contributed by atoms with van der Waals surface area (Å²) >= 11 is 0. The Kier molecular flexibility index (Phi) is 5.42. The molecule has 0 heterocycles. The van der Waals surface area contributed by atoms with Gasteiger partial charge in [0.1, 0.15) is 11.5 Å². The third-order valence-corrected chi connectivity index (χ3v) is 2.90. The second-order valence-corrected chi connectivity index (χ2v) is 4.44. The van der Waals surface area contributed by atoms with Crippen LogP contribution in [0.15, 0.2) is 18.2 Å². The number of methoxy groups -OCH3 is 1. The third kappa shape index (κ3) is 4.43. The van der Waals surface area contributed by atoms with Gasteiger partial charge in [-0.15, -0.1) is 0 Å². The number of ether oxygens (including phenoxy) is 2. The number of ketones is 1. The van der Waals surface area contributed by atoms with Gasteiger partial charge in [-0.1, -0.05) is 13.8 Å². The van der Waals surface area contributed by atoms with Crippen molar-refractivity contribution in [2.75, 3.05) is 13.7 Å². The predicted molar refractivity (Wildman–Crippen MR) is 68.3 cm³/mol. The zero-order valence-electron chi connectivity index (χ0n) is 11.6. The van der Waals surface area contributed by atoms with Crippen molar-refractivity contribution in [1.82, 2.24) is 0 Å². The van der Waals surface area contributed by atoms with E-state index in [0.29, 0.717) is 12.0 Å². The van der Waals surface area contributed by atoms with E-state index in [1.54, 1.807) is 6.92 Å². The van der Waals surface area contributed by atoms with Crippen LogP contribution in [0.4, 0.5) is 13.2 Å². The Labute approximate surface area is 115 Å². The van der Waals surface area contributed by atoms with Crippen molar-refractivity contribution in [3.8, 4) is 11.5 Å². The maximum Gasteiger partial charge on any atom is 0.422 e. The molecule has 0 spiro atoms. The van der Waals surface area contributed by atoms with E-state index in [9.17, 15) is 18.0 Å². The van der Waals surface area contributed by atoms with E-state index in [1.165, 1.54) is 25.3 Å². The Morgan fingerprint density at radius 1 is 1.35 bits per heavy atom. The minimum absolute atomic E-state index is 0.0138. The highest BCUT2D eigenvalue weighted by Crippen LogP contribution is 2.28. The lowest BCUT2D eigenvalue weighted by atomic mass is 9.96. The number of carbonyl (C=O) groups excluding carboxylic acids is 1. The molecule has 0 saturated heterocycles. The van der Waals surface area contributed by atoms with E-state index >= 15 is 0 Å². The molecule has 0 bridgehead atoms. The van der Waals surface area contributed by atoms with Gasteiger partial charge in [-0.2, -0.15) is 13.2 Å². The van der Waals surface area contributed by atoms with Gasteiger partial charge in [0.05, 0.1) is 12.7 Å². The van der Waals surface area contributed by atoms with Crippen molar-refractivity contribution in [3.05, 3.63) is 23.8 Å². The molecule has 0 fully saturated rings. The molecule has 20 heavy (non-hydrogen) atoms. The molecule has 0 aliphatic carbocycles. The molecule has 0 aliphatic rings. The molecule has 1 atom stereocenters. The van der Waals surface area contributed by atoms with Crippen molar-refractivity contribution in [2.24, 2.45) is 5.92 Å². The average Bonchev–Trinajstić information content (AvgIpc) is 2.42. The zero-order chi connectivity index (χ0) is 15.3. The van der Waals surface area contributed by atoms with Crippen LogP contribution in [0.1, 0.15) is 30.6 Å². The standard InChI is InChI=1S/C14H17F3O3/c1-4-9(2)13(18)11-6-5-10(7-12(11)19-3)20-8-14(15,16)17/h5-7,9H,4,8H2,1-3H3. The molecular formula is C14H17F3O3. The number of hydrogen-bond acceptors (Lipinski definition) is 3. The van der Waals surface area contributed by atoms with Crippen LogP contribution in [-0.4, -0.2) is 25.7 Å². The van der Waals surface area contributed by atoms with Crippen LogP contribution in [-0.2, 0) is 0 Å². The minimum Gasteiger partial charge on any atom is -0.496 e. The molecule has 6 heteroatoms. The van der Waals surface area contributed by atoms with Gasteiger partial charge in [-0.3, -0.25) is 4.79 Å². The smallest absolute Gasteiger partial charge is 0.422 e. The number of hydrogen-bond donors (Lipinski definition) is 0. The number of rotatable bonds is 6. The van der Waals surface area contributed by atoms with Crippen LogP contribution in [0, 0.1) is 5.92 Å². The van der Waals surface area contributed by atoms with Gasteiger partial charge in [0, 0.05) is 12.0 Å². The lowest BCUT2D eigenvalue weighted by Crippen LogP contribution is -2.19. The number of Topliss-reactive ketones (excluding diaryl/α,β-unsaturated/α-hetero) is 1. The van der Waals surface area contributed by atoms with Gasteiger partial charge < -0.3 is 9.47 Å². The summed E-state index contributed by atoms with van der Waals surface area (Å²) in [5.41, 5.74) is 0.348. The van der Waals surface area contributed by atoms with Gasteiger partial charge >= 0.3 is 6.18 Å². The van der Waals surface area contributed by atoms with Gasteiger partial charge in [-0.25, -0.2) is 0 Å². The lowest BCUT2D eigenvalue weighted by Gasteiger charge is -2.14. The maximum atomic E-state index is 12.1. The van der Waals surface area contributed by atoms with Crippen molar-refractivity contribution >= 4 is 5.78 Å². The number of halogens is 3. The predicted octanol–water partition coefficient (Wildman–Crippen LogP) is 3.87. The first-order valence-electron chi connectivity index (χ1n) is 6.20. The zero-order valence-corrected chi connectivity index (χ0v) is 11.6. The van der Waals surface area contributed by atoms with Crippen LogP contribution in [0.3, 0.4) is 0 Å². The average molecular weight is 290 g/mol. The molecule has 0 aromatic heterocycles. The monoisotopic (exact) mass is 290 g/mol. The first-order chi connectivity index (χ1) is 9.28. The summed E-state index contributed by atoms with van der Waals surface area (Å²) in [5.74, 6) is -0.0487. The Morgan fingerprint density at radius 3 is 2.50 bits per heavy atom. The number of carbonyl (C=O) groups is 1. The van der Waals surface area contributed by atoms with E-state index in [4.69, 9.17) is 4.74 Å². The first-order valence-corrected chi connectivity index (χ1v) is 6.20. The molecular weight excluding hydrogens is 273 g/mol. The molecule has 0 radical (unpaired) electrons. The SMILES string of the molecule is CCC(C)C(=O)c1ccc(OCC(F)(F)F)cc1OC. The lowest BCUT2D eigenvalue weighted by molar-refractivity contribution is -0.153. The summed E-state index contributed by atoms with van der Waals surface area (Å²) in [7, 11) is 1.36. The van der Waals surface area contributed by atoms with Crippen LogP contribution < -0.4 is 9.47 Å². The Hall–Kier alpha value is -1.72. The molecule has 0 N–H and O–H groups in total. The molecule has 3 nitrogen and oxygen atoms in total. The van der Waals surface area contributed by atoms with Crippen molar-refractivity contribution in [3.63, 3.8) is 0 Å². The van der Waals surface area contributed by atoms with Crippen LogP contribution in [0.5, 0.6) is 11.5 Å². The largest absolute Gasteiger partial charge is 0.496 e. The van der Waals surface area contributed by atoms with Crippen LogP contribution in [0.25, 0.3) is 0 Å². The fraction of sp³-hybridized carbons (Fsp3) is 0.500. The van der Waals surface area contributed by atoms with Gasteiger partial charge in [0.25, 0.3) is 0 Å². The van der Waals surface area contributed by atoms with Gasteiger partial charge in [0.2, 0.25) is 0 Å². The molecule has 0 amide bonds. The topological polar surface area (TPSA) is 35.5 Å². The maximum absolute atomic E-state index is 12.1. The highest BCUT2D eigenvalue weighted by Gasteiger charge is 2.28. The van der Waals surface area contributed by atoms with Gasteiger partial charge in [0.15, 0.2) is 12.4 Å². The van der Waals surface area contributed by atoms with E-state index in [1.807, 2.05) is 6.92 Å². The Bertz CT molecular complexity index is 469. The van der Waals surface area contributed by atoms with E-state index in [2.05, 4.69) is 4.74 Å². The first kappa shape index (κ1) is 16.3. The van der Waals surface area contributed by atoms with Crippen molar-refractivity contribution < 1.29 is 27.4 Å². The summed E-state index contributed by atoms with van der Waals surface area (Å²) in [6.45, 7) is 2.29. The molecule has 1 aromatic rings. The van der Waals surface area contributed by atoms with Crippen LogP contribution in [0.2, 0.25) is 0 Å². The third-order valence-electron chi connectivity index (χ3n) is 2.90. The Balaban J connectivity index is 2.93. The highest BCUT2D eigenvalue weighted by molar-refractivity contribution is 6.00. The molecule has 112 valence electrons. The summed E-state index contributed by atoms with van der Waals surface area (Å²) < 4.78 is 45.9. The second kappa shape index (κ2) is 6.63. The van der Waals surface area contributed by atoms with E-state index in [-0.39, 0.29) is 23.2 Å². The molecule has 1 aromatic carbocycles. The molecule has 1 unspecified atom stereocenters. The number of benzene rings is 1. The van der Waals surface area contributed by atoms with Crippen LogP contribution >= 0.6 is 0 Å². The summed E-state index contributed by atoms with van der Waals surface area (Å²) in [5, 5.41) is 0. The fourth-order valence-corrected chi connectivity index (χ4v) is 1.58. The van der Waals surface area contributed by atoms with E-state index in [0.717, 1.165) is 0 Å². The highest BCUT2D eigenvalue weighted by atomic mass is 19.4. The fourth-order valence-electron chi connectivity index (χ4n) is 1.58. The quantitative estimate of drug-likeness (QED) is 0.746. The molecule has 1 rings (SSSR count). The summed E-state index contributed by atoms with van der Waals surface area (Å²) in [6.07, 6.45) is -3.73. The number of alkyl halides is 3.